The van der Waals surface area contributed by atoms with Gasteiger partial charge in [-0.25, -0.2) is 8.78 Å². The van der Waals surface area contributed by atoms with Gasteiger partial charge in [-0.15, -0.1) is 11.3 Å². The molecule has 2 nitrogen and oxygen atoms in total. The summed E-state index contributed by atoms with van der Waals surface area (Å²) < 4.78 is 31.4. The first-order chi connectivity index (χ1) is 8.60. The van der Waals surface area contributed by atoms with E-state index in [0.29, 0.717) is 0 Å². The summed E-state index contributed by atoms with van der Waals surface area (Å²) in [5, 5.41) is 0. The molecule has 2 N–H and O–H groups in total. The maximum atomic E-state index is 13.1. The van der Waals surface area contributed by atoms with E-state index in [0.717, 1.165) is 21.9 Å². The second-order valence-electron chi connectivity index (χ2n) is 3.87. The number of hydrogen-bond donors (Lipinski definition) is 1. The number of benzene rings is 1. The Kier molecular flexibility index (Phi) is 3.93. The van der Waals surface area contributed by atoms with Gasteiger partial charge in [0.05, 0.1) is 0 Å². The Morgan fingerprint density at radius 1 is 1.22 bits per heavy atom. The summed E-state index contributed by atoms with van der Waals surface area (Å²) in [6.07, 6.45) is -0.339. The highest BCUT2D eigenvalue weighted by Gasteiger charge is 2.14. The van der Waals surface area contributed by atoms with Gasteiger partial charge in [0.1, 0.15) is 11.9 Å². The summed E-state index contributed by atoms with van der Waals surface area (Å²) in [6.45, 7) is 2.26. The monoisotopic (exact) mass is 269 g/mol. The minimum atomic E-state index is -0.925. The first kappa shape index (κ1) is 13.0. The van der Waals surface area contributed by atoms with Crippen molar-refractivity contribution in [1.82, 2.24) is 0 Å². The number of halogens is 2. The van der Waals surface area contributed by atoms with Crippen molar-refractivity contribution in [3.8, 4) is 5.75 Å². The molecule has 0 aliphatic rings. The molecular weight excluding hydrogens is 256 g/mol. The average Bonchev–Trinajstić information content (AvgIpc) is 2.77. The van der Waals surface area contributed by atoms with Crippen LogP contribution in [0.3, 0.4) is 0 Å². The number of rotatable bonds is 4. The Labute approximate surface area is 108 Å². The maximum Gasteiger partial charge on any atom is 0.162 e. The second kappa shape index (κ2) is 5.46. The Hall–Kier alpha value is -1.46. The standard InChI is InChI=1S/C13H13F2NOS/c1-8-2-5-13(18-8)12(7-16)17-9-3-4-10(14)11(15)6-9/h2-6,12H,7,16H2,1H3. The number of aryl methyl sites for hydroxylation is 1. The van der Waals surface area contributed by atoms with E-state index in [2.05, 4.69) is 0 Å². The topological polar surface area (TPSA) is 35.2 Å². The summed E-state index contributed by atoms with van der Waals surface area (Å²) in [5.74, 6) is -1.54. The Balaban J connectivity index is 2.17. The summed E-state index contributed by atoms with van der Waals surface area (Å²) in [4.78, 5) is 2.12. The smallest absolute Gasteiger partial charge is 0.162 e. The van der Waals surface area contributed by atoms with Gasteiger partial charge < -0.3 is 10.5 Å². The average molecular weight is 269 g/mol. The van der Waals surface area contributed by atoms with Gasteiger partial charge in [-0.3, -0.25) is 0 Å². The van der Waals surface area contributed by atoms with Crippen LogP contribution in [0.1, 0.15) is 15.9 Å². The Bertz CT molecular complexity index is 542. The molecule has 0 saturated heterocycles. The molecule has 2 rings (SSSR count). The molecule has 0 fully saturated rings. The lowest BCUT2D eigenvalue weighted by Crippen LogP contribution is -2.17. The molecule has 1 heterocycles. The van der Waals surface area contributed by atoms with E-state index in [9.17, 15) is 8.78 Å². The van der Waals surface area contributed by atoms with E-state index in [1.54, 1.807) is 11.3 Å². The first-order valence-electron chi connectivity index (χ1n) is 5.48. The molecule has 2 aromatic rings. The lowest BCUT2D eigenvalue weighted by molar-refractivity contribution is 0.216. The molecule has 0 saturated carbocycles. The molecule has 1 atom stereocenters. The number of nitrogens with two attached hydrogens (primary N) is 1. The molecule has 5 heteroatoms. The SMILES string of the molecule is Cc1ccc(C(CN)Oc2ccc(F)c(F)c2)s1. The van der Waals surface area contributed by atoms with Gasteiger partial charge in [0.25, 0.3) is 0 Å². The molecule has 96 valence electrons. The number of thiophene rings is 1. The van der Waals surface area contributed by atoms with E-state index in [1.165, 1.54) is 6.07 Å². The van der Waals surface area contributed by atoms with Crippen LogP contribution in [0.2, 0.25) is 0 Å². The van der Waals surface area contributed by atoms with Gasteiger partial charge in [-0.1, -0.05) is 0 Å². The predicted molar refractivity (Wildman–Crippen MR) is 67.8 cm³/mol. The quantitative estimate of drug-likeness (QED) is 0.923. The molecule has 0 spiro atoms. The maximum absolute atomic E-state index is 13.1. The summed E-state index contributed by atoms with van der Waals surface area (Å²) >= 11 is 1.57. The van der Waals surface area contributed by atoms with Crippen LogP contribution >= 0.6 is 11.3 Å². The van der Waals surface area contributed by atoms with E-state index in [-0.39, 0.29) is 18.4 Å². The van der Waals surface area contributed by atoms with Crippen molar-refractivity contribution in [3.05, 3.63) is 51.7 Å². The van der Waals surface area contributed by atoms with Gasteiger partial charge in [-0.05, 0) is 31.2 Å². The summed E-state index contributed by atoms with van der Waals surface area (Å²) in [7, 11) is 0. The van der Waals surface area contributed by atoms with Crippen molar-refractivity contribution in [2.24, 2.45) is 5.73 Å². The summed E-state index contributed by atoms with van der Waals surface area (Å²) in [5.41, 5.74) is 5.64. The minimum Gasteiger partial charge on any atom is -0.483 e. The molecule has 0 amide bonds. The zero-order valence-electron chi connectivity index (χ0n) is 9.82. The van der Waals surface area contributed by atoms with E-state index >= 15 is 0 Å². The van der Waals surface area contributed by atoms with Crippen molar-refractivity contribution in [2.45, 2.75) is 13.0 Å². The zero-order valence-corrected chi connectivity index (χ0v) is 10.6. The van der Waals surface area contributed by atoms with Crippen molar-refractivity contribution in [3.63, 3.8) is 0 Å². The third-order valence-corrected chi connectivity index (χ3v) is 3.55. The Morgan fingerprint density at radius 3 is 2.56 bits per heavy atom. The molecule has 1 aromatic heterocycles. The van der Waals surface area contributed by atoms with Crippen LogP contribution in [-0.4, -0.2) is 6.54 Å². The minimum absolute atomic E-state index is 0.274. The molecular formula is C13H13F2NOS. The fourth-order valence-corrected chi connectivity index (χ4v) is 2.48. The normalized spacial score (nSPS) is 12.4. The highest BCUT2D eigenvalue weighted by Crippen LogP contribution is 2.27. The molecule has 0 aliphatic carbocycles. The lowest BCUT2D eigenvalue weighted by atomic mass is 10.2. The highest BCUT2D eigenvalue weighted by molar-refractivity contribution is 7.12. The molecule has 0 aliphatic heterocycles. The largest absolute Gasteiger partial charge is 0.483 e. The zero-order chi connectivity index (χ0) is 13.1. The fourth-order valence-electron chi connectivity index (χ4n) is 1.56. The fraction of sp³-hybridized carbons (Fsp3) is 0.231. The first-order valence-corrected chi connectivity index (χ1v) is 6.30. The second-order valence-corrected chi connectivity index (χ2v) is 5.19. The predicted octanol–water partition coefficient (Wildman–Crippen LogP) is 3.41. The van der Waals surface area contributed by atoms with E-state index < -0.39 is 11.6 Å². The van der Waals surface area contributed by atoms with Crippen molar-refractivity contribution < 1.29 is 13.5 Å². The molecule has 18 heavy (non-hydrogen) atoms. The molecule has 1 unspecified atom stereocenters. The van der Waals surface area contributed by atoms with Crippen LogP contribution in [0.15, 0.2) is 30.3 Å². The Morgan fingerprint density at radius 2 is 2.00 bits per heavy atom. The van der Waals surface area contributed by atoms with Gasteiger partial charge in [-0.2, -0.15) is 0 Å². The van der Waals surface area contributed by atoms with Crippen molar-refractivity contribution in [1.29, 1.82) is 0 Å². The van der Waals surface area contributed by atoms with Gasteiger partial charge >= 0.3 is 0 Å². The van der Waals surface area contributed by atoms with E-state index in [1.807, 2.05) is 19.1 Å². The van der Waals surface area contributed by atoms with Gasteiger partial charge in [0.15, 0.2) is 11.6 Å². The van der Waals surface area contributed by atoms with Crippen molar-refractivity contribution in [2.75, 3.05) is 6.54 Å². The molecule has 0 bridgehead atoms. The van der Waals surface area contributed by atoms with Crippen LogP contribution in [-0.2, 0) is 0 Å². The van der Waals surface area contributed by atoms with Crippen LogP contribution < -0.4 is 10.5 Å². The number of hydrogen-bond acceptors (Lipinski definition) is 3. The molecule has 1 aromatic carbocycles. The van der Waals surface area contributed by atoms with Crippen LogP contribution in [0, 0.1) is 18.6 Å². The van der Waals surface area contributed by atoms with Crippen molar-refractivity contribution >= 4 is 11.3 Å². The highest BCUT2D eigenvalue weighted by atomic mass is 32.1. The summed E-state index contributed by atoms with van der Waals surface area (Å²) in [6, 6.07) is 7.35. The van der Waals surface area contributed by atoms with Crippen LogP contribution in [0.5, 0.6) is 5.75 Å². The third-order valence-electron chi connectivity index (χ3n) is 2.46. The van der Waals surface area contributed by atoms with Crippen LogP contribution in [0.4, 0.5) is 8.78 Å². The van der Waals surface area contributed by atoms with Crippen LogP contribution in [0.25, 0.3) is 0 Å². The number of ether oxygens (including phenoxy) is 1. The third kappa shape index (κ3) is 2.86. The lowest BCUT2D eigenvalue weighted by Gasteiger charge is -2.16. The van der Waals surface area contributed by atoms with Gasteiger partial charge in [0.2, 0.25) is 0 Å². The van der Waals surface area contributed by atoms with Gasteiger partial charge in [0, 0.05) is 22.4 Å². The van der Waals surface area contributed by atoms with E-state index in [4.69, 9.17) is 10.5 Å². The molecule has 0 radical (unpaired) electrons.